The molecule has 1 aromatic carbocycles. The second-order valence-corrected chi connectivity index (χ2v) is 6.86. The minimum Gasteiger partial charge on any atom is -0.496 e. The molecule has 0 unspecified atom stereocenters. The van der Waals surface area contributed by atoms with Gasteiger partial charge in [0.2, 0.25) is 0 Å². The molecular weight excluding hydrogens is 388 g/mol. The molecule has 0 bridgehead atoms. The molecule has 0 aliphatic heterocycles. The number of benzene rings is 1. The normalized spacial score (nSPS) is 10.3. The molecule has 1 aromatic heterocycles. The van der Waals surface area contributed by atoms with Crippen molar-refractivity contribution in [2.45, 2.75) is 20.8 Å². The molecule has 1 N–H and O–H groups in total. The number of methoxy groups -OCH3 is 1. The van der Waals surface area contributed by atoms with Gasteiger partial charge in [0.05, 0.1) is 30.3 Å². The largest absolute Gasteiger partial charge is 0.496 e. The molecule has 0 saturated heterocycles. The highest BCUT2D eigenvalue weighted by molar-refractivity contribution is 7.16. The van der Waals surface area contributed by atoms with E-state index in [1.165, 1.54) is 36.6 Å². The van der Waals surface area contributed by atoms with Crippen LogP contribution >= 0.6 is 11.3 Å². The number of amides is 1. The van der Waals surface area contributed by atoms with Crippen LogP contribution in [0.15, 0.2) is 18.2 Å². The van der Waals surface area contributed by atoms with E-state index in [2.05, 4.69) is 5.32 Å². The fourth-order valence-electron chi connectivity index (χ4n) is 2.36. The fraction of sp³-hybridized carbons (Fsp3) is 0.333. The Kier molecular flexibility index (Phi) is 6.94. The fourth-order valence-corrected chi connectivity index (χ4v) is 3.42. The van der Waals surface area contributed by atoms with Crippen LogP contribution in [0, 0.1) is 24.0 Å². The second-order valence-electron chi connectivity index (χ2n) is 5.64. The van der Waals surface area contributed by atoms with Gasteiger partial charge in [-0.2, -0.15) is 0 Å². The van der Waals surface area contributed by atoms with Crippen molar-refractivity contribution in [1.29, 1.82) is 0 Å². The lowest BCUT2D eigenvalue weighted by atomic mass is 10.1. The molecule has 2 rings (SSSR count). The van der Waals surface area contributed by atoms with Crippen molar-refractivity contribution >= 4 is 33.9 Å². The summed E-state index contributed by atoms with van der Waals surface area (Å²) in [5, 5.41) is 14.1. The maximum atomic E-state index is 12.3. The Bertz CT molecular complexity index is 908. The molecule has 0 saturated carbocycles. The topological polar surface area (TPSA) is 117 Å². The quantitative estimate of drug-likeness (QED) is 0.404. The number of esters is 1. The number of carbonyl (C=O) groups excluding carboxylic acids is 2. The lowest BCUT2D eigenvalue weighted by Crippen LogP contribution is -2.21. The average molecular weight is 408 g/mol. The van der Waals surface area contributed by atoms with Crippen molar-refractivity contribution in [2.75, 3.05) is 25.6 Å². The molecule has 9 nitrogen and oxygen atoms in total. The molecule has 1 amide bonds. The minimum absolute atomic E-state index is 0.0647. The van der Waals surface area contributed by atoms with Crippen LogP contribution in [0.25, 0.3) is 0 Å². The summed E-state index contributed by atoms with van der Waals surface area (Å²) in [6.07, 6.45) is 0. The first-order valence-electron chi connectivity index (χ1n) is 8.30. The van der Waals surface area contributed by atoms with Gasteiger partial charge in [-0.05, 0) is 38.5 Å². The first-order chi connectivity index (χ1) is 13.3. The summed E-state index contributed by atoms with van der Waals surface area (Å²) in [6.45, 7) is 5.04. The van der Waals surface area contributed by atoms with Crippen molar-refractivity contribution in [1.82, 2.24) is 0 Å². The van der Waals surface area contributed by atoms with Gasteiger partial charge in [-0.15, -0.1) is 11.3 Å². The van der Waals surface area contributed by atoms with Crippen LogP contribution in [-0.2, 0) is 9.53 Å². The van der Waals surface area contributed by atoms with Gasteiger partial charge in [-0.25, -0.2) is 4.79 Å². The molecule has 0 fully saturated rings. The molecular formula is C18H20N2O7S. The summed E-state index contributed by atoms with van der Waals surface area (Å²) in [6, 6.07) is 4.05. The van der Waals surface area contributed by atoms with E-state index in [1.54, 1.807) is 13.8 Å². The van der Waals surface area contributed by atoms with E-state index >= 15 is 0 Å². The van der Waals surface area contributed by atoms with Crippen LogP contribution in [0.5, 0.6) is 11.5 Å². The molecule has 28 heavy (non-hydrogen) atoms. The number of nitrogens with zero attached hydrogens (tertiary/aromatic N) is 1. The maximum Gasteiger partial charge on any atom is 0.341 e. The third-order valence-corrected chi connectivity index (χ3v) is 4.96. The summed E-state index contributed by atoms with van der Waals surface area (Å²) >= 11 is 1.25. The van der Waals surface area contributed by atoms with Crippen molar-refractivity contribution in [2.24, 2.45) is 0 Å². The zero-order valence-electron chi connectivity index (χ0n) is 15.9. The zero-order chi connectivity index (χ0) is 20.8. The highest BCUT2D eigenvalue weighted by Crippen LogP contribution is 2.33. The Balaban J connectivity index is 2.13. The molecule has 1 heterocycles. The Labute approximate surface area is 165 Å². The molecule has 10 heteroatoms. The minimum atomic E-state index is -0.624. The smallest absolute Gasteiger partial charge is 0.341 e. The highest BCUT2D eigenvalue weighted by atomic mass is 32.1. The number of carbonyl (C=O) groups is 2. The number of nitrogens with one attached hydrogen (secondary N) is 1. The molecule has 0 aliphatic carbocycles. The predicted octanol–water partition coefficient (Wildman–Crippen LogP) is 3.48. The van der Waals surface area contributed by atoms with E-state index < -0.39 is 23.4 Å². The Hall–Kier alpha value is -3.14. The maximum absolute atomic E-state index is 12.3. The number of thiophene rings is 1. The Morgan fingerprint density at radius 1 is 1.29 bits per heavy atom. The van der Waals surface area contributed by atoms with Crippen LogP contribution in [-0.4, -0.2) is 37.1 Å². The van der Waals surface area contributed by atoms with E-state index in [9.17, 15) is 19.7 Å². The molecule has 0 atom stereocenters. The number of ether oxygens (including phenoxy) is 3. The number of hydrogen-bond donors (Lipinski definition) is 1. The van der Waals surface area contributed by atoms with Crippen LogP contribution < -0.4 is 14.8 Å². The average Bonchev–Trinajstić information content (AvgIpc) is 2.93. The van der Waals surface area contributed by atoms with Crippen molar-refractivity contribution in [3.8, 4) is 11.5 Å². The first kappa shape index (κ1) is 21.2. The summed E-state index contributed by atoms with van der Waals surface area (Å²) in [4.78, 5) is 35.8. The monoisotopic (exact) mass is 408 g/mol. The van der Waals surface area contributed by atoms with Crippen molar-refractivity contribution in [3.05, 3.63) is 44.3 Å². The predicted molar refractivity (Wildman–Crippen MR) is 104 cm³/mol. The molecule has 150 valence electrons. The van der Waals surface area contributed by atoms with Gasteiger partial charge in [-0.1, -0.05) is 0 Å². The van der Waals surface area contributed by atoms with Crippen molar-refractivity contribution < 1.29 is 28.7 Å². The summed E-state index contributed by atoms with van der Waals surface area (Å²) in [7, 11) is 1.39. The van der Waals surface area contributed by atoms with Crippen LogP contribution in [0.2, 0.25) is 0 Å². The summed E-state index contributed by atoms with van der Waals surface area (Å²) in [5.74, 6) is -0.847. The van der Waals surface area contributed by atoms with Crippen LogP contribution in [0.1, 0.15) is 27.7 Å². The van der Waals surface area contributed by atoms with Gasteiger partial charge in [0.15, 0.2) is 12.4 Å². The lowest BCUT2D eigenvalue weighted by Gasteiger charge is -2.09. The molecule has 0 spiro atoms. The number of nitro benzene ring substituents is 1. The van der Waals surface area contributed by atoms with Gasteiger partial charge in [0.1, 0.15) is 10.8 Å². The summed E-state index contributed by atoms with van der Waals surface area (Å²) in [5.41, 5.74) is 0.709. The van der Waals surface area contributed by atoms with E-state index in [4.69, 9.17) is 14.2 Å². The van der Waals surface area contributed by atoms with E-state index in [-0.39, 0.29) is 18.0 Å². The van der Waals surface area contributed by atoms with Crippen LogP contribution in [0.4, 0.5) is 10.7 Å². The number of anilines is 1. The second kappa shape index (κ2) is 9.18. The lowest BCUT2D eigenvalue weighted by molar-refractivity contribution is -0.385. The first-order valence-corrected chi connectivity index (χ1v) is 9.12. The SMILES string of the molecule is CCOC(=O)c1c(NC(=O)COc2ccc(OC)cc2[N+](=O)[O-])sc(C)c1C. The van der Waals surface area contributed by atoms with Crippen LogP contribution in [0.3, 0.4) is 0 Å². The van der Waals surface area contributed by atoms with Crippen molar-refractivity contribution in [3.63, 3.8) is 0 Å². The molecule has 0 radical (unpaired) electrons. The third kappa shape index (κ3) is 4.77. The number of nitro groups is 1. The third-order valence-electron chi connectivity index (χ3n) is 3.84. The van der Waals surface area contributed by atoms with Gasteiger partial charge in [0, 0.05) is 4.88 Å². The standard InChI is InChI=1S/C18H20N2O7S/c1-5-26-18(22)16-10(2)11(3)28-17(16)19-15(21)9-27-14-7-6-12(25-4)8-13(14)20(23)24/h6-8H,5,9H2,1-4H3,(H,19,21). The number of rotatable bonds is 8. The van der Waals surface area contributed by atoms with Gasteiger partial charge in [0.25, 0.3) is 5.91 Å². The van der Waals surface area contributed by atoms with Gasteiger partial charge >= 0.3 is 11.7 Å². The molecule has 2 aromatic rings. The Morgan fingerprint density at radius 3 is 2.61 bits per heavy atom. The van der Waals surface area contributed by atoms with Gasteiger partial charge < -0.3 is 19.5 Å². The highest BCUT2D eigenvalue weighted by Gasteiger charge is 2.23. The zero-order valence-corrected chi connectivity index (χ0v) is 16.7. The van der Waals surface area contributed by atoms with Gasteiger partial charge in [-0.3, -0.25) is 14.9 Å². The van der Waals surface area contributed by atoms with E-state index in [0.717, 1.165) is 10.4 Å². The summed E-state index contributed by atoms with van der Waals surface area (Å²) < 4.78 is 15.3. The number of hydrogen-bond acceptors (Lipinski definition) is 8. The Morgan fingerprint density at radius 2 is 2.00 bits per heavy atom. The number of aryl methyl sites for hydroxylation is 1. The van der Waals surface area contributed by atoms with E-state index in [0.29, 0.717) is 16.3 Å². The molecule has 0 aliphatic rings. The van der Waals surface area contributed by atoms with E-state index in [1.807, 2.05) is 6.92 Å².